The lowest BCUT2D eigenvalue weighted by atomic mass is 9.54. The summed E-state index contributed by atoms with van der Waals surface area (Å²) >= 11 is 0. The lowest BCUT2D eigenvalue weighted by Gasteiger charge is -2.50. The topological polar surface area (TPSA) is 68.3 Å². The fourth-order valence-electron chi connectivity index (χ4n) is 6.97. The van der Waals surface area contributed by atoms with Crippen molar-refractivity contribution in [1.82, 2.24) is 4.98 Å². The SMILES string of the molecule is COc1ccc(NC(=O)CC[C@@H]2CC(=O)[C@@]3(C)CCC4c5ccc(F)cc5CCC4C23)nc1. The minimum Gasteiger partial charge on any atom is -0.495 e. The molecule has 1 N–H and O–H groups in total. The maximum absolute atomic E-state index is 13.8. The highest BCUT2D eigenvalue weighted by Gasteiger charge is 2.58. The molecule has 1 aromatic heterocycles. The van der Waals surface area contributed by atoms with Gasteiger partial charge in [0.2, 0.25) is 5.91 Å². The van der Waals surface area contributed by atoms with Crippen LogP contribution in [0.15, 0.2) is 36.5 Å². The lowest BCUT2D eigenvalue weighted by Crippen LogP contribution is -2.44. The minimum atomic E-state index is -0.294. The van der Waals surface area contributed by atoms with Crippen LogP contribution in [0.25, 0.3) is 0 Å². The first-order chi connectivity index (χ1) is 15.9. The fraction of sp³-hybridized carbons (Fsp3) is 0.519. The molecule has 3 unspecified atom stereocenters. The Labute approximate surface area is 194 Å². The predicted molar refractivity (Wildman–Crippen MR) is 124 cm³/mol. The van der Waals surface area contributed by atoms with Crippen LogP contribution in [0.1, 0.15) is 62.5 Å². The van der Waals surface area contributed by atoms with E-state index in [0.29, 0.717) is 48.4 Å². The van der Waals surface area contributed by atoms with Crippen molar-refractivity contribution in [2.24, 2.45) is 23.2 Å². The molecule has 0 bridgehead atoms. The van der Waals surface area contributed by atoms with E-state index in [0.717, 1.165) is 31.2 Å². The molecule has 0 saturated heterocycles. The number of amides is 1. The van der Waals surface area contributed by atoms with Crippen LogP contribution in [-0.2, 0) is 16.0 Å². The van der Waals surface area contributed by atoms with E-state index in [1.807, 2.05) is 6.07 Å². The van der Waals surface area contributed by atoms with E-state index in [9.17, 15) is 14.0 Å². The molecule has 2 aromatic rings. The number of methoxy groups -OCH3 is 1. The van der Waals surface area contributed by atoms with E-state index in [4.69, 9.17) is 4.74 Å². The van der Waals surface area contributed by atoms with Gasteiger partial charge in [-0.2, -0.15) is 0 Å². The first-order valence-corrected chi connectivity index (χ1v) is 12.0. The summed E-state index contributed by atoms with van der Waals surface area (Å²) in [5.74, 6) is 2.56. The number of fused-ring (bicyclic) bond motifs is 5. The van der Waals surface area contributed by atoms with Crippen molar-refractivity contribution >= 4 is 17.5 Å². The number of pyridine rings is 1. The summed E-state index contributed by atoms with van der Waals surface area (Å²) in [6.45, 7) is 2.15. The second kappa shape index (κ2) is 8.54. The number of benzene rings is 1. The van der Waals surface area contributed by atoms with Crippen molar-refractivity contribution in [3.05, 3.63) is 53.5 Å². The van der Waals surface area contributed by atoms with Crippen LogP contribution >= 0.6 is 0 Å². The average molecular weight is 451 g/mol. The molecule has 6 heteroatoms. The summed E-state index contributed by atoms with van der Waals surface area (Å²) in [5, 5.41) is 2.86. The molecule has 33 heavy (non-hydrogen) atoms. The smallest absolute Gasteiger partial charge is 0.225 e. The Hall–Kier alpha value is -2.76. The molecule has 5 atom stereocenters. The van der Waals surface area contributed by atoms with Crippen LogP contribution in [0, 0.1) is 29.0 Å². The number of hydrogen-bond donors (Lipinski definition) is 1. The zero-order valence-corrected chi connectivity index (χ0v) is 19.3. The highest BCUT2D eigenvalue weighted by Crippen LogP contribution is 2.62. The monoisotopic (exact) mass is 450 g/mol. The van der Waals surface area contributed by atoms with Gasteiger partial charge in [-0.25, -0.2) is 9.37 Å². The Morgan fingerprint density at radius 2 is 2.12 bits per heavy atom. The molecular weight excluding hydrogens is 419 g/mol. The molecule has 1 aromatic carbocycles. The Balaban J connectivity index is 1.30. The van der Waals surface area contributed by atoms with E-state index in [2.05, 4.69) is 17.2 Å². The fourth-order valence-corrected chi connectivity index (χ4v) is 6.97. The maximum Gasteiger partial charge on any atom is 0.225 e. The molecular formula is C27H31FN2O3. The Morgan fingerprint density at radius 3 is 2.88 bits per heavy atom. The second-order valence-corrected chi connectivity index (χ2v) is 10.2. The van der Waals surface area contributed by atoms with Gasteiger partial charge >= 0.3 is 0 Å². The maximum atomic E-state index is 13.8. The Kier molecular flexibility index (Phi) is 5.71. The number of aryl methyl sites for hydroxylation is 1. The van der Waals surface area contributed by atoms with Gasteiger partial charge in [0.05, 0.1) is 13.3 Å². The molecule has 1 amide bonds. The highest BCUT2D eigenvalue weighted by molar-refractivity contribution is 5.90. The van der Waals surface area contributed by atoms with E-state index in [1.54, 1.807) is 37.6 Å². The quantitative estimate of drug-likeness (QED) is 0.671. The molecule has 3 aliphatic carbocycles. The van der Waals surface area contributed by atoms with E-state index < -0.39 is 0 Å². The third-order valence-electron chi connectivity index (χ3n) is 8.51. The summed E-state index contributed by atoms with van der Waals surface area (Å²) in [7, 11) is 1.57. The number of rotatable bonds is 5. The Bertz CT molecular complexity index is 1070. The molecule has 2 saturated carbocycles. The first-order valence-electron chi connectivity index (χ1n) is 12.0. The summed E-state index contributed by atoms with van der Waals surface area (Å²) < 4.78 is 18.9. The van der Waals surface area contributed by atoms with Gasteiger partial charge in [-0.15, -0.1) is 0 Å². The molecule has 2 fully saturated rings. The number of Topliss-reactive ketones (excluding diaryl/α,β-unsaturated/α-hetero) is 1. The third-order valence-corrected chi connectivity index (χ3v) is 8.51. The van der Waals surface area contributed by atoms with Gasteiger partial charge in [-0.3, -0.25) is 9.59 Å². The van der Waals surface area contributed by atoms with Gasteiger partial charge in [-0.1, -0.05) is 13.0 Å². The van der Waals surface area contributed by atoms with Crippen molar-refractivity contribution in [3.63, 3.8) is 0 Å². The molecule has 5 nitrogen and oxygen atoms in total. The largest absolute Gasteiger partial charge is 0.495 e. The summed E-state index contributed by atoms with van der Waals surface area (Å²) in [4.78, 5) is 30.0. The first kappa shape index (κ1) is 22.1. The minimum absolute atomic E-state index is 0.0782. The van der Waals surface area contributed by atoms with Crippen LogP contribution < -0.4 is 10.1 Å². The number of hydrogen-bond acceptors (Lipinski definition) is 4. The Morgan fingerprint density at radius 1 is 1.27 bits per heavy atom. The van der Waals surface area contributed by atoms with Gasteiger partial charge in [0.25, 0.3) is 0 Å². The normalized spacial score (nSPS) is 30.2. The van der Waals surface area contributed by atoms with Crippen LogP contribution in [0.2, 0.25) is 0 Å². The van der Waals surface area contributed by atoms with Crippen molar-refractivity contribution in [3.8, 4) is 5.75 Å². The second-order valence-electron chi connectivity index (χ2n) is 10.2. The predicted octanol–water partition coefficient (Wildman–Crippen LogP) is 5.30. The van der Waals surface area contributed by atoms with Crippen LogP contribution in [0.4, 0.5) is 10.2 Å². The summed E-state index contributed by atoms with van der Waals surface area (Å²) in [5.41, 5.74) is 2.11. The molecule has 0 radical (unpaired) electrons. The molecule has 5 rings (SSSR count). The van der Waals surface area contributed by atoms with Gasteiger partial charge < -0.3 is 10.1 Å². The summed E-state index contributed by atoms with van der Waals surface area (Å²) in [6.07, 6.45) is 6.94. The summed E-state index contributed by atoms with van der Waals surface area (Å²) in [6, 6.07) is 8.71. The van der Waals surface area contributed by atoms with Gasteiger partial charge in [0.15, 0.2) is 0 Å². The van der Waals surface area contributed by atoms with Crippen molar-refractivity contribution in [2.75, 3.05) is 12.4 Å². The number of ketones is 1. The number of anilines is 1. The van der Waals surface area contributed by atoms with E-state index in [-0.39, 0.29) is 29.0 Å². The van der Waals surface area contributed by atoms with Crippen molar-refractivity contribution < 1.29 is 18.7 Å². The lowest BCUT2D eigenvalue weighted by molar-refractivity contribution is -0.129. The number of nitrogens with zero attached hydrogens (tertiary/aromatic N) is 1. The van der Waals surface area contributed by atoms with Crippen molar-refractivity contribution in [1.29, 1.82) is 0 Å². The number of halogens is 1. The van der Waals surface area contributed by atoms with E-state index in [1.165, 1.54) is 5.56 Å². The zero-order valence-electron chi connectivity index (χ0n) is 19.3. The average Bonchev–Trinajstić information content (AvgIpc) is 3.07. The van der Waals surface area contributed by atoms with Crippen LogP contribution in [0.3, 0.4) is 0 Å². The number of nitrogens with one attached hydrogen (secondary N) is 1. The zero-order chi connectivity index (χ0) is 23.2. The molecule has 0 spiro atoms. The van der Waals surface area contributed by atoms with Gasteiger partial charge in [0.1, 0.15) is 23.2 Å². The number of carbonyl (C=O) groups is 2. The molecule has 0 aliphatic heterocycles. The molecule has 3 aliphatic rings. The highest BCUT2D eigenvalue weighted by atomic mass is 19.1. The van der Waals surface area contributed by atoms with Gasteiger partial charge in [0, 0.05) is 18.3 Å². The van der Waals surface area contributed by atoms with Gasteiger partial charge in [-0.05, 0) is 91.2 Å². The number of ether oxygens (including phenoxy) is 1. The van der Waals surface area contributed by atoms with Crippen molar-refractivity contribution in [2.45, 2.75) is 57.8 Å². The number of aromatic nitrogens is 1. The molecule has 1 heterocycles. The van der Waals surface area contributed by atoms with Crippen LogP contribution in [0.5, 0.6) is 5.75 Å². The third kappa shape index (κ3) is 3.94. The molecule has 174 valence electrons. The van der Waals surface area contributed by atoms with Crippen LogP contribution in [-0.4, -0.2) is 23.8 Å². The number of carbonyl (C=O) groups excluding carboxylic acids is 2. The standard InChI is InChI=1S/C27H31FN2O3/c1-27-12-11-21-20-8-5-18(28)13-16(20)3-7-22(21)26(27)17(14-23(27)31)4-10-25(32)30-24-9-6-19(33-2)15-29-24/h5-6,8-9,13,15,17,21-22,26H,3-4,7,10-12,14H2,1-2H3,(H,29,30,32)/t17-,21?,22?,26?,27-/m1/s1. The van der Waals surface area contributed by atoms with E-state index >= 15 is 0 Å².